The minimum absolute atomic E-state index is 0.0879. The normalized spacial score (nSPS) is 14.5. The summed E-state index contributed by atoms with van der Waals surface area (Å²) in [6.45, 7) is 5.48. The number of carbonyl (C=O) groups excluding carboxylic acids is 1. The van der Waals surface area contributed by atoms with Gasteiger partial charge in [0.2, 0.25) is 0 Å². The standard InChI is InChI=1S/C24H27ClN6O2/c1-2-20-22(17-4-6-21(26)27-14-17)23(29-15-28-20)16-3-5-18(19(25)13-16)24(33)31-9-7-30(8-10-31)11-12-32/h3-6,13-15,32H,2,7-12H2,1H3,(H2,26,27). The Kier molecular flexibility index (Phi) is 7.17. The number of aliphatic hydroxyl groups is 1. The maximum Gasteiger partial charge on any atom is 0.255 e. The molecule has 33 heavy (non-hydrogen) atoms. The second-order valence-corrected chi connectivity index (χ2v) is 8.33. The van der Waals surface area contributed by atoms with E-state index in [1.165, 1.54) is 0 Å². The van der Waals surface area contributed by atoms with Crippen LogP contribution in [0.4, 0.5) is 5.82 Å². The zero-order valence-corrected chi connectivity index (χ0v) is 19.3. The predicted octanol–water partition coefficient (Wildman–Crippen LogP) is 2.75. The molecule has 2 aromatic heterocycles. The van der Waals surface area contributed by atoms with Crippen LogP contribution in [0, 0.1) is 0 Å². The van der Waals surface area contributed by atoms with Gasteiger partial charge in [-0.2, -0.15) is 0 Å². The van der Waals surface area contributed by atoms with Crippen LogP contribution < -0.4 is 5.73 Å². The van der Waals surface area contributed by atoms with E-state index in [9.17, 15) is 4.79 Å². The van der Waals surface area contributed by atoms with Gasteiger partial charge >= 0.3 is 0 Å². The number of aliphatic hydroxyl groups excluding tert-OH is 1. The van der Waals surface area contributed by atoms with Crippen molar-refractivity contribution in [1.29, 1.82) is 0 Å². The predicted molar refractivity (Wildman–Crippen MR) is 129 cm³/mol. The molecule has 1 aliphatic rings. The van der Waals surface area contributed by atoms with Crippen LogP contribution >= 0.6 is 11.6 Å². The van der Waals surface area contributed by atoms with Gasteiger partial charge in [-0.3, -0.25) is 9.69 Å². The van der Waals surface area contributed by atoms with Gasteiger partial charge in [0, 0.05) is 55.6 Å². The van der Waals surface area contributed by atoms with Crippen LogP contribution in [0.3, 0.4) is 0 Å². The van der Waals surface area contributed by atoms with Gasteiger partial charge in [0.1, 0.15) is 12.1 Å². The molecule has 1 aromatic carbocycles. The van der Waals surface area contributed by atoms with Gasteiger partial charge in [-0.25, -0.2) is 15.0 Å². The summed E-state index contributed by atoms with van der Waals surface area (Å²) in [5.74, 6) is 0.355. The average molecular weight is 467 g/mol. The molecule has 9 heteroatoms. The number of aryl methyl sites for hydroxylation is 1. The first-order valence-electron chi connectivity index (χ1n) is 11.0. The van der Waals surface area contributed by atoms with E-state index < -0.39 is 0 Å². The number of amides is 1. The number of anilines is 1. The quantitative estimate of drug-likeness (QED) is 0.575. The summed E-state index contributed by atoms with van der Waals surface area (Å²) < 4.78 is 0. The minimum atomic E-state index is -0.0879. The zero-order valence-electron chi connectivity index (χ0n) is 18.5. The number of piperazine rings is 1. The molecular formula is C24H27ClN6O2. The molecule has 1 fully saturated rings. The van der Waals surface area contributed by atoms with Crippen molar-refractivity contribution < 1.29 is 9.90 Å². The van der Waals surface area contributed by atoms with Crippen molar-refractivity contribution in [3.8, 4) is 22.4 Å². The van der Waals surface area contributed by atoms with E-state index in [4.69, 9.17) is 22.4 Å². The third kappa shape index (κ3) is 4.98. The smallest absolute Gasteiger partial charge is 0.255 e. The Labute approximate surface area is 198 Å². The molecule has 0 saturated carbocycles. The Morgan fingerprint density at radius 1 is 1.09 bits per heavy atom. The van der Waals surface area contributed by atoms with Gasteiger partial charge < -0.3 is 15.7 Å². The third-order valence-corrected chi connectivity index (χ3v) is 6.20. The molecule has 4 rings (SSSR count). The van der Waals surface area contributed by atoms with E-state index in [0.717, 1.165) is 47.6 Å². The summed E-state index contributed by atoms with van der Waals surface area (Å²) in [5.41, 5.74) is 10.4. The van der Waals surface area contributed by atoms with E-state index in [1.807, 2.05) is 19.1 Å². The van der Waals surface area contributed by atoms with E-state index in [-0.39, 0.29) is 12.5 Å². The van der Waals surface area contributed by atoms with Crippen molar-refractivity contribution in [2.75, 3.05) is 45.1 Å². The molecule has 0 bridgehead atoms. The Bertz CT molecular complexity index is 1130. The molecule has 0 radical (unpaired) electrons. The summed E-state index contributed by atoms with van der Waals surface area (Å²) in [6, 6.07) is 9.07. The highest BCUT2D eigenvalue weighted by atomic mass is 35.5. The highest BCUT2D eigenvalue weighted by molar-refractivity contribution is 6.34. The minimum Gasteiger partial charge on any atom is -0.395 e. The molecule has 1 aliphatic heterocycles. The molecule has 1 amide bonds. The first-order valence-corrected chi connectivity index (χ1v) is 11.4. The number of halogens is 1. The van der Waals surface area contributed by atoms with Crippen LogP contribution in [0.1, 0.15) is 23.0 Å². The lowest BCUT2D eigenvalue weighted by molar-refractivity contribution is 0.0615. The second kappa shape index (κ2) is 10.2. The van der Waals surface area contributed by atoms with Crippen LogP contribution in [0.5, 0.6) is 0 Å². The van der Waals surface area contributed by atoms with Gasteiger partial charge in [-0.15, -0.1) is 0 Å². The van der Waals surface area contributed by atoms with E-state index in [2.05, 4.69) is 19.9 Å². The van der Waals surface area contributed by atoms with Crippen molar-refractivity contribution >= 4 is 23.3 Å². The first-order chi connectivity index (χ1) is 16.0. The molecule has 3 aromatic rings. The van der Waals surface area contributed by atoms with Crippen molar-refractivity contribution in [3.05, 3.63) is 59.1 Å². The lowest BCUT2D eigenvalue weighted by atomic mass is 9.97. The number of carbonyl (C=O) groups is 1. The molecular weight excluding hydrogens is 440 g/mol. The molecule has 3 N–H and O–H groups in total. The number of β-amino-alcohol motifs (C(OH)–C–C–N with tert-alkyl or cyclic N) is 1. The second-order valence-electron chi connectivity index (χ2n) is 7.92. The largest absolute Gasteiger partial charge is 0.395 e. The van der Waals surface area contributed by atoms with Crippen molar-refractivity contribution in [1.82, 2.24) is 24.8 Å². The van der Waals surface area contributed by atoms with E-state index in [0.29, 0.717) is 36.0 Å². The Morgan fingerprint density at radius 2 is 1.85 bits per heavy atom. The Morgan fingerprint density at radius 3 is 2.48 bits per heavy atom. The van der Waals surface area contributed by atoms with E-state index >= 15 is 0 Å². The lowest BCUT2D eigenvalue weighted by Crippen LogP contribution is -2.49. The fraction of sp³-hybridized carbons (Fsp3) is 0.333. The number of nitrogens with zero attached hydrogens (tertiary/aromatic N) is 5. The summed E-state index contributed by atoms with van der Waals surface area (Å²) >= 11 is 6.60. The van der Waals surface area contributed by atoms with Gasteiger partial charge in [0.05, 0.1) is 28.6 Å². The Hall–Kier alpha value is -3.07. The van der Waals surface area contributed by atoms with Crippen LogP contribution in [0.25, 0.3) is 22.4 Å². The molecule has 1 saturated heterocycles. The van der Waals surface area contributed by atoms with Crippen LogP contribution in [0.2, 0.25) is 5.02 Å². The molecule has 0 unspecified atom stereocenters. The fourth-order valence-corrected chi connectivity index (χ4v) is 4.35. The number of benzene rings is 1. The maximum absolute atomic E-state index is 13.1. The molecule has 0 aliphatic carbocycles. The fourth-order valence-electron chi connectivity index (χ4n) is 4.09. The number of rotatable bonds is 6. The molecule has 0 atom stereocenters. The number of nitrogen functional groups attached to an aromatic ring is 1. The van der Waals surface area contributed by atoms with Crippen LogP contribution in [0.15, 0.2) is 42.9 Å². The number of aromatic nitrogens is 3. The monoisotopic (exact) mass is 466 g/mol. The van der Waals surface area contributed by atoms with Gasteiger partial charge in [-0.1, -0.05) is 24.6 Å². The molecule has 172 valence electrons. The molecule has 3 heterocycles. The SMILES string of the molecule is CCc1ncnc(-c2ccc(C(=O)N3CCN(CCO)CC3)c(Cl)c2)c1-c1ccc(N)nc1. The van der Waals surface area contributed by atoms with Gasteiger partial charge in [-0.05, 0) is 30.7 Å². The highest BCUT2D eigenvalue weighted by Crippen LogP contribution is 2.34. The lowest BCUT2D eigenvalue weighted by Gasteiger charge is -2.34. The average Bonchev–Trinajstić information content (AvgIpc) is 2.84. The molecule has 0 spiro atoms. The van der Waals surface area contributed by atoms with Gasteiger partial charge in [0.15, 0.2) is 0 Å². The number of nitrogens with two attached hydrogens (primary N) is 1. The highest BCUT2D eigenvalue weighted by Gasteiger charge is 2.24. The molecule has 8 nitrogen and oxygen atoms in total. The number of hydrogen-bond acceptors (Lipinski definition) is 7. The topological polar surface area (TPSA) is 108 Å². The maximum atomic E-state index is 13.1. The zero-order chi connectivity index (χ0) is 23.4. The van der Waals surface area contributed by atoms with Crippen molar-refractivity contribution in [3.63, 3.8) is 0 Å². The number of pyridine rings is 1. The third-order valence-electron chi connectivity index (χ3n) is 5.88. The van der Waals surface area contributed by atoms with Crippen molar-refractivity contribution in [2.24, 2.45) is 0 Å². The Balaban J connectivity index is 1.64. The van der Waals surface area contributed by atoms with Gasteiger partial charge in [0.25, 0.3) is 5.91 Å². The number of hydrogen-bond donors (Lipinski definition) is 2. The summed E-state index contributed by atoms with van der Waals surface area (Å²) in [5, 5.41) is 9.49. The van der Waals surface area contributed by atoms with Crippen molar-refractivity contribution in [2.45, 2.75) is 13.3 Å². The summed E-state index contributed by atoms with van der Waals surface area (Å²) in [6.07, 6.45) is 3.98. The van der Waals surface area contributed by atoms with E-state index in [1.54, 1.807) is 35.6 Å². The first kappa shape index (κ1) is 23.1. The van der Waals surface area contributed by atoms with Crippen LogP contribution in [-0.4, -0.2) is 75.1 Å². The summed E-state index contributed by atoms with van der Waals surface area (Å²) in [7, 11) is 0. The van der Waals surface area contributed by atoms with Crippen LogP contribution in [-0.2, 0) is 6.42 Å². The summed E-state index contributed by atoms with van der Waals surface area (Å²) in [4.78, 5) is 30.2.